The Hall–Kier alpha value is -1.49. The number of aliphatic hydroxyl groups excluding tert-OH is 1. The van der Waals surface area contributed by atoms with E-state index in [2.05, 4.69) is 5.32 Å². The van der Waals surface area contributed by atoms with Crippen LogP contribution in [0.3, 0.4) is 0 Å². The molecule has 2 N–H and O–H groups in total. The zero-order valence-corrected chi connectivity index (χ0v) is 10.2. The zero-order valence-electron chi connectivity index (χ0n) is 10.2. The maximum atomic E-state index is 12.9. The van der Waals surface area contributed by atoms with Gasteiger partial charge in [0.05, 0.1) is 12.5 Å². The fraction of sp³-hybridized carbons (Fsp3) is 0.462. The van der Waals surface area contributed by atoms with E-state index in [0.29, 0.717) is 24.9 Å². The monoisotopic (exact) mass is 257 g/mol. The summed E-state index contributed by atoms with van der Waals surface area (Å²) in [6, 6.07) is 3.41. The van der Waals surface area contributed by atoms with Gasteiger partial charge in [0.25, 0.3) is 0 Å². The Morgan fingerprint density at radius 1 is 1.39 bits per heavy atom. The van der Waals surface area contributed by atoms with Gasteiger partial charge in [0.15, 0.2) is 11.6 Å². The van der Waals surface area contributed by atoms with Gasteiger partial charge in [-0.2, -0.15) is 0 Å². The summed E-state index contributed by atoms with van der Waals surface area (Å²) in [6.45, 7) is 2.15. The fourth-order valence-electron chi connectivity index (χ4n) is 1.52. The average Bonchev–Trinajstić information content (AvgIpc) is 2.29. The highest BCUT2D eigenvalue weighted by Crippen LogP contribution is 2.09. The van der Waals surface area contributed by atoms with E-state index in [0.717, 1.165) is 12.1 Å². The molecule has 0 saturated heterocycles. The molecule has 1 aromatic carbocycles. The van der Waals surface area contributed by atoms with Crippen molar-refractivity contribution >= 4 is 5.91 Å². The molecule has 0 aliphatic carbocycles. The van der Waals surface area contributed by atoms with E-state index in [1.807, 2.05) is 0 Å². The lowest BCUT2D eigenvalue weighted by Gasteiger charge is -2.06. The number of amides is 1. The van der Waals surface area contributed by atoms with Gasteiger partial charge in [0, 0.05) is 6.54 Å². The van der Waals surface area contributed by atoms with Crippen molar-refractivity contribution in [2.24, 2.45) is 0 Å². The smallest absolute Gasteiger partial charge is 0.224 e. The van der Waals surface area contributed by atoms with E-state index in [1.165, 1.54) is 6.07 Å². The predicted molar refractivity (Wildman–Crippen MR) is 64.0 cm³/mol. The van der Waals surface area contributed by atoms with E-state index >= 15 is 0 Å². The summed E-state index contributed by atoms with van der Waals surface area (Å²) in [5.74, 6) is -2.11. The maximum absolute atomic E-state index is 12.9. The molecular formula is C13H17F2NO2. The quantitative estimate of drug-likeness (QED) is 0.763. The van der Waals surface area contributed by atoms with E-state index in [1.54, 1.807) is 6.92 Å². The molecule has 0 spiro atoms. The van der Waals surface area contributed by atoms with Crippen molar-refractivity contribution in [3.05, 3.63) is 35.4 Å². The van der Waals surface area contributed by atoms with Gasteiger partial charge in [0.2, 0.25) is 5.91 Å². The van der Waals surface area contributed by atoms with Crippen molar-refractivity contribution in [2.45, 2.75) is 32.3 Å². The lowest BCUT2D eigenvalue weighted by Crippen LogP contribution is -2.26. The predicted octanol–water partition coefficient (Wildman–Crippen LogP) is 1.78. The van der Waals surface area contributed by atoms with Gasteiger partial charge in [0.1, 0.15) is 0 Å². The topological polar surface area (TPSA) is 49.3 Å². The molecule has 1 rings (SSSR count). The Morgan fingerprint density at radius 2 is 2.11 bits per heavy atom. The highest BCUT2D eigenvalue weighted by atomic mass is 19.2. The average molecular weight is 257 g/mol. The molecule has 0 heterocycles. The van der Waals surface area contributed by atoms with E-state index in [4.69, 9.17) is 5.11 Å². The second-order valence-corrected chi connectivity index (χ2v) is 4.27. The lowest BCUT2D eigenvalue weighted by molar-refractivity contribution is -0.120. The van der Waals surface area contributed by atoms with Crippen molar-refractivity contribution in [1.82, 2.24) is 5.32 Å². The van der Waals surface area contributed by atoms with Crippen LogP contribution in [0.4, 0.5) is 8.78 Å². The number of nitrogens with one attached hydrogen (secondary N) is 1. The molecule has 0 aromatic heterocycles. The van der Waals surface area contributed by atoms with Gasteiger partial charge < -0.3 is 10.4 Å². The third-order valence-corrected chi connectivity index (χ3v) is 2.47. The summed E-state index contributed by atoms with van der Waals surface area (Å²) >= 11 is 0. The van der Waals surface area contributed by atoms with Crippen molar-refractivity contribution in [2.75, 3.05) is 6.54 Å². The summed E-state index contributed by atoms with van der Waals surface area (Å²) in [7, 11) is 0. The highest BCUT2D eigenvalue weighted by molar-refractivity contribution is 5.78. The Kier molecular flexibility index (Phi) is 5.71. The van der Waals surface area contributed by atoms with E-state index < -0.39 is 11.6 Å². The highest BCUT2D eigenvalue weighted by Gasteiger charge is 2.07. The second-order valence-electron chi connectivity index (χ2n) is 4.27. The first-order valence-corrected chi connectivity index (χ1v) is 5.87. The van der Waals surface area contributed by atoms with Crippen LogP contribution in [-0.4, -0.2) is 23.7 Å². The Morgan fingerprint density at radius 3 is 2.72 bits per heavy atom. The van der Waals surface area contributed by atoms with Crippen LogP contribution in [0.5, 0.6) is 0 Å². The van der Waals surface area contributed by atoms with Crippen molar-refractivity contribution in [3.63, 3.8) is 0 Å². The molecule has 1 unspecified atom stereocenters. The van der Waals surface area contributed by atoms with Gasteiger partial charge >= 0.3 is 0 Å². The molecule has 5 heteroatoms. The van der Waals surface area contributed by atoms with E-state index in [9.17, 15) is 13.6 Å². The second kappa shape index (κ2) is 7.06. The van der Waals surface area contributed by atoms with Crippen LogP contribution in [-0.2, 0) is 11.2 Å². The van der Waals surface area contributed by atoms with Crippen LogP contribution in [0.15, 0.2) is 18.2 Å². The van der Waals surface area contributed by atoms with Gasteiger partial charge in [-0.1, -0.05) is 6.07 Å². The molecule has 0 aliphatic rings. The SMILES string of the molecule is CC(O)CCCNC(=O)Cc1ccc(F)c(F)c1. The zero-order chi connectivity index (χ0) is 13.5. The van der Waals surface area contributed by atoms with Crippen LogP contribution in [0, 0.1) is 11.6 Å². The molecule has 0 bridgehead atoms. The molecule has 1 atom stereocenters. The number of hydrogen-bond acceptors (Lipinski definition) is 2. The lowest BCUT2D eigenvalue weighted by atomic mass is 10.1. The molecular weight excluding hydrogens is 240 g/mol. The molecule has 100 valence electrons. The van der Waals surface area contributed by atoms with Crippen molar-refractivity contribution in [3.8, 4) is 0 Å². The minimum atomic E-state index is -0.950. The molecule has 0 aliphatic heterocycles. The van der Waals surface area contributed by atoms with Crippen LogP contribution in [0.25, 0.3) is 0 Å². The normalized spacial score (nSPS) is 12.2. The first-order valence-electron chi connectivity index (χ1n) is 5.87. The van der Waals surface area contributed by atoms with Crippen LogP contribution in [0.2, 0.25) is 0 Å². The van der Waals surface area contributed by atoms with Crippen molar-refractivity contribution < 1.29 is 18.7 Å². The number of aliphatic hydroxyl groups is 1. The van der Waals surface area contributed by atoms with Crippen molar-refractivity contribution in [1.29, 1.82) is 0 Å². The number of halogens is 2. The summed E-state index contributed by atoms with van der Waals surface area (Å²) in [5.41, 5.74) is 0.432. The molecule has 18 heavy (non-hydrogen) atoms. The van der Waals surface area contributed by atoms with E-state index in [-0.39, 0.29) is 18.4 Å². The third-order valence-electron chi connectivity index (χ3n) is 2.47. The number of rotatable bonds is 6. The maximum Gasteiger partial charge on any atom is 0.224 e. The number of carbonyl (C=O) groups excluding carboxylic acids is 1. The number of benzene rings is 1. The Bertz CT molecular complexity index is 408. The molecule has 3 nitrogen and oxygen atoms in total. The first-order chi connectivity index (χ1) is 8.49. The van der Waals surface area contributed by atoms with Gasteiger partial charge in [-0.25, -0.2) is 8.78 Å². The number of carbonyl (C=O) groups is 1. The van der Waals surface area contributed by atoms with Gasteiger partial charge in [-0.3, -0.25) is 4.79 Å². The van der Waals surface area contributed by atoms with Gasteiger partial charge in [-0.15, -0.1) is 0 Å². The summed E-state index contributed by atoms with van der Waals surface area (Å²) < 4.78 is 25.6. The molecule has 1 amide bonds. The standard InChI is InChI=1S/C13H17F2NO2/c1-9(17)3-2-6-16-13(18)8-10-4-5-11(14)12(15)7-10/h4-5,7,9,17H,2-3,6,8H2,1H3,(H,16,18). The van der Waals surface area contributed by atoms with Crippen LogP contribution in [0.1, 0.15) is 25.3 Å². The third kappa shape index (κ3) is 5.23. The number of hydrogen-bond donors (Lipinski definition) is 2. The minimum absolute atomic E-state index is 0.0197. The first kappa shape index (κ1) is 14.6. The Labute approximate surface area is 105 Å². The largest absolute Gasteiger partial charge is 0.393 e. The molecule has 0 radical (unpaired) electrons. The fourth-order valence-corrected chi connectivity index (χ4v) is 1.52. The minimum Gasteiger partial charge on any atom is -0.393 e. The van der Waals surface area contributed by atoms with Crippen LogP contribution >= 0.6 is 0 Å². The van der Waals surface area contributed by atoms with Gasteiger partial charge in [-0.05, 0) is 37.5 Å². The molecule has 1 aromatic rings. The summed E-state index contributed by atoms with van der Waals surface area (Å²) in [6.07, 6.45) is 0.937. The molecule has 0 saturated carbocycles. The summed E-state index contributed by atoms with van der Waals surface area (Å²) in [5, 5.41) is 11.7. The summed E-state index contributed by atoms with van der Waals surface area (Å²) in [4.78, 5) is 11.5. The Balaban J connectivity index is 2.33. The molecule has 0 fully saturated rings. The van der Waals surface area contributed by atoms with Crippen LogP contribution < -0.4 is 5.32 Å².